The third kappa shape index (κ3) is 3.97. The largest absolute Gasteiger partial charge is 0.452 e. The number of nitrogens with zero attached hydrogens (tertiary/aromatic N) is 2. The highest BCUT2D eigenvalue weighted by atomic mass is 19.4. The molecule has 14 heavy (non-hydrogen) atoms. The first kappa shape index (κ1) is 12.5. The molecule has 5 nitrogen and oxygen atoms in total. The summed E-state index contributed by atoms with van der Waals surface area (Å²) in [6.45, 7) is 0. The number of methoxy groups -OCH3 is 1. The number of carbonyl (C=O) groups is 1. The third-order valence-electron chi connectivity index (χ3n) is 1.12. The normalized spacial score (nSPS) is 12.3. The van der Waals surface area contributed by atoms with Crippen LogP contribution in [-0.2, 0) is 4.74 Å². The average molecular weight is 213 g/mol. The number of nitrogens with one attached hydrogen (secondary N) is 1. The Labute approximate surface area is 78.5 Å². The van der Waals surface area contributed by atoms with Gasteiger partial charge in [-0.05, 0) is 0 Å². The first-order valence-corrected chi connectivity index (χ1v) is 3.45. The smallest absolute Gasteiger partial charge is 0.451 e. The van der Waals surface area contributed by atoms with E-state index in [9.17, 15) is 18.0 Å². The second kappa shape index (κ2) is 4.68. The summed E-state index contributed by atoms with van der Waals surface area (Å²) in [5.74, 6) is -1.22. The molecule has 0 aromatic carbocycles. The lowest BCUT2D eigenvalue weighted by Gasteiger charge is -2.17. The highest BCUT2D eigenvalue weighted by Crippen LogP contribution is 2.17. The van der Waals surface area contributed by atoms with Crippen LogP contribution in [0.15, 0.2) is 5.10 Å². The number of amidine groups is 1. The molecular weight excluding hydrogens is 203 g/mol. The second-order valence-electron chi connectivity index (χ2n) is 2.43. The number of rotatable bonds is 1. The van der Waals surface area contributed by atoms with Crippen LogP contribution in [0.2, 0.25) is 0 Å². The fourth-order valence-corrected chi connectivity index (χ4v) is 0.561. The molecule has 0 aliphatic heterocycles. The van der Waals surface area contributed by atoms with Crippen molar-refractivity contribution in [2.75, 3.05) is 21.2 Å². The lowest BCUT2D eigenvalue weighted by Crippen LogP contribution is -2.38. The summed E-state index contributed by atoms with van der Waals surface area (Å²) in [4.78, 5) is 11.2. The van der Waals surface area contributed by atoms with Crippen LogP contribution in [0, 0.1) is 0 Å². The number of amides is 1. The molecule has 0 aromatic rings. The van der Waals surface area contributed by atoms with Crippen LogP contribution in [-0.4, -0.2) is 44.2 Å². The van der Waals surface area contributed by atoms with E-state index in [0.29, 0.717) is 0 Å². The predicted molar refractivity (Wildman–Crippen MR) is 42.7 cm³/mol. The topological polar surface area (TPSA) is 53.9 Å². The van der Waals surface area contributed by atoms with Crippen molar-refractivity contribution in [3.8, 4) is 0 Å². The molecule has 0 aliphatic rings. The zero-order valence-electron chi connectivity index (χ0n) is 7.84. The predicted octanol–water partition coefficient (Wildman–Crippen LogP) is 0.780. The van der Waals surface area contributed by atoms with Crippen molar-refractivity contribution < 1.29 is 22.7 Å². The lowest BCUT2D eigenvalue weighted by atomic mass is 10.5. The third-order valence-corrected chi connectivity index (χ3v) is 1.12. The number of hydrazone groups is 1. The molecule has 0 aliphatic carbocycles. The van der Waals surface area contributed by atoms with Crippen LogP contribution < -0.4 is 5.43 Å². The van der Waals surface area contributed by atoms with Gasteiger partial charge in [-0.3, -0.25) is 0 Å². The summed E-state index contributed by atoms with van der Waals surface area (Å²) in [5.41, 5.74) is 1.59. The molecule has 1 amide bonds. The fourth-order valence-electron chi connectivity index (χ4n) is 0.561. The summed E-state index contributed by atoms with van der Waals surface area (Å²) in [5, 5.41) is 2.86. The number of halogens is 3. The van der Waals surface area contributed by atoms with Crippen LogP contribution >= 0.6 is 0 Å². The fraction of sp³-hybridized carbons (Fsp3) is 0.667. The molecule has 0 aromatic heterocycles. The molecule has 0 radical (unpaired) electrons. The van der Waals surface area contributed by atoms with Crippen LogP contribution in [0.3, 0.4) is 0 Å². The first-order valence-electron chi connectivity index (χ1n) is 3.45. The molecule has 82 valence electrons. The summed E-state index contributed by atoms with van der Waals surface area (Å²) >= 11 is 0. The maximum Gasteiger partial charge on any atom is 0.451 e. The summed E-state index contributed by atoms with van der Waals surface area (Å²) in [6.07, 6.45) is -5.68. The van der Waals surface area contributed by atoms with E-state index in [1.165, 1.54) is 0 Å². The van der Waals surface area contributed by atoms with Gasteiger partial charge in [-0.2, -0.15) is 13.2 Å². The Morgan fingerprint density at radius 3 is 2.21 bits per heavy atom. The highest BCUT2D eigenvalue weighted by Gasteiger charge is 2.38. The molecule has 0 saturated heterocycles. The Morgan fingerprint density at radius 2 is 1.93 bits per heavy atom. The number of alkyl halides is 3. The minimum atomic E-state index is -4.62. The number of ether oxygens (including phenoxy) is 1. The second-order valence-corrected chi connectivity index (χ2v) is 2.43. The van der Waals surface area contributed by atoms with Gasteiger partial charge in [0, 0.05) is 14.1 Å². The molecule has 0 saturated carbocycles. The van der Waals surface area contributed by atoms with E-state index in [4.69, 9.17) is 0 Å². The van der Waals surface area contributed by atoms with Gasteiger partial charge in [-0.25, -0.2) is 10.2 Å². The van der Waals surface area contributed by atoms with Gasteiger partial charge in [0.15, 0.2) is 0 Å². The molecule has 0 atom stereocenters. The van der Waals surface area contributed by atoms with Crippen molar-refractivity contribution in [2.24, 2.45) is 5.10 Å². The monoisotopic (exact) mass is 213 g/mol. The van der Waals surface area contributed by atoms with Gasteiger partial charge < -0.3 is 9.64 Å². The van der Waals surface area contributed by atoms with Crippen molar-refractivity contribution in [3.05, 3.63) is 0 Å². The Kier molecular flexibility index (Phi) is 4.19. The van der Waals surface area contributed by atoms with Crippen molar-refractivity contribution in [3.63, 3.8) is 0 Å². The van der Waals surface area contributed by atoms with Crippen LogP contribution in [0.1, 0.15) is 0 Å². The first-order chi connectivity index (χ1) is 6.29. The number of carbonyl (C=O) groups excluding carboxylic acids is 1. The Bertz CT molecular complexity index is 237. The van der Waals surface area contributed by atoms with Crippen molar-refractivity contribution in [1.29, 1.82) is 0 Å². The van der Waals surface area contributed by atoms with E-state index in [1.807, 2.05) is 0 Å². The Morgan fingerprint density at radius 1 is 1.43 bits per heavy atom. The molecule has 8 heteroatoms. The maximum absolute atomic E-state index is 12.2. The maximum atomic E-state index is 12.2. The SMILES string of the molecule is COC(=O)NN=C(N(C)C)C(F)(F)F. The van der Waals surface area contributed by atoms with Gasteiger partial charge in [0.2, 0.25) is 5.84 Å². The van der Waals surface area contributed by atoms with Gasteiger partial charge in [0.05, 0.1) is 7.11 Å². The van der Waals surface area contributed by atoms with E-state index in [1.54, 1.807) is 5.43 Å². The van der Waals surface area contributed by atoms with Crippen molar-refractivity contribution >= 4 is 11.9 Å². The van der Waals surface area contributed by atoms with Gasteiger partial charge in [-0.15, -0.1) is 5.10 Å². The zero-order chi connectivity index (χ0) is 11.4. The standard InChI is InChI=1S/C6H10F3N3O2/c1-12(2)4(6(7,8)9)10-11-5(13)14-3/h1-3H3,(H,11,13). The zero-order valence-corrected chi connectivity index (χ0v) is 7.84. The molecular formula is C6H10F3N3O2. The summed E-state index contributed by atoms with van der Waals surface area (Å²) in [6, 6.07) is 0. The van der Waals surface area contributed by atoms with Gasteiger partial charge in [-0.1, -0.05) is 0 Å². The van der Waals surface area contributed by atoms with Gasteiger partial charge in [0.1, 0.15) is 0 Å². The highest BCUT2D eigenvalue weighted by molar-refractivity contribution is 5.87. The summed E-state index contributed by atoms with van der Waals surface area (Å²) in [7, 11) is 3.34. The molecule has 0 bridgehead atoms. The van der Waals surface area contributed by atoms with Crippen molar-refractivity contribution in [1.82, 2.24) is 10.3 Å². The van der Waals surface area contributed by atoms with Gasteiger partial charge in [0.25, 0.3) is 0 Å². The van der Waals surface area contributed by atoms with Crippen molar-refractivity contribution in [2.45, 2.75) is 6.18 Å². The van der Waals surface area contributed by atoms with Crippen LogP contribution in [0.5, 0.6) is 0 Å². The molecule has 0 rings (SSSR count). The minimum Gasteiger partial charge on any atom is -0.452 e. The van der Waals surface area contributed by atoms with E-state index in [0.717, 1.165) is 26.1 Å². The molecule has 0 unspecified atom stereocenters. The van der Waals surface area contributed by atoms with E-state index >= 15 is 0 Å². The minimum absolute atomic E-state index is 0.732. The van der Waals surface area contributed by atoms with Gasteiger partial charge >= 0.3 is 12.3 Å². The molecule has 0 spiro atoms. The Balaban J connectivity index is 4.59. The number of hydrogen-bond acceptors (Lipinski definition) is 3. The van der Waals surface area contributed by atoms with E-state index < -0.39 is 18.1 Å². The molecule has 0 fully saturated rings. The number of hydrogen-bond donors (Lipinski definition) is 1. The quantitative estimate of drug-likeness (QED) is 0.398. The molecule has 0 heterocycles. The lowest BCUT2D eigenvalue weighted by molar-refractivity contribution is -0.0672. The van der Waals surface area contributed by atoms with E-state index in [-0.39, 0.29) is 0 Å². The van der Waals surface area contributed by atoms with E-state index in [2.05, 4.69) is 9.84 Å². The average Bonchev–Trinajstić information content (AvgIpc) is 2.01. The Hall–Kier alpha value is -1.47. The van der Waals surface area contributed by atoms with Crippen LogP contribution in [0.4, 0.5) is 18.0 Å². The molecule has 1 N–H and O–H groups in total. The summed E-state index contributed by atoms with van der Waals surface area (Å²) < 4.78 is 40.5. The van der Waals surface area contributed by atoms with Crippen LogP contribution in [0.25, 0.3) is 0 Å².